The van der Waals surface area contributed by atoms with Gasteiger partial charge < -0.3 is 21.3 Å². The molecule has 0 heterocycles. The Kier molecular flexibility index (Phi) is 17.2. The van der Waals surface area contributed by atoms with Crippen LogP contribution < -0.4 is 21.3 Å². The summed E-state index contributed by atoms with van der Waals surface area (Å²) in [5.41, 5.74) is 1.34. The zero-order valence-electron chi connectivity index (χ0n) is 21.4. The summed E-state index contributed by atoms with van der Waals surface area (Å²) in [6.45, 7) is 3.68. The molecule has 0 aromatic heterocycles. The summed E-state index contributed by atoms with van der Waals surface area (Å²) in [5, 5.41) is 11.4. The standard InChI is InChI=1S/C26H41Cl3N4O2S/c1-3-4-5-6-7-8-9-10-11-12-13-14-15-23(35)32-24(26(27,28)29)33-25(36)31-22-18-16-21(17-19-22)30-20(2)34/h16-19,24H,3-15H2,1-2H3,(H,30,34)(H,32,35)(H2,31,33,36)/t24-/m0/s1. The first-order valence-corrected chi connectivity index (χ1v) is 14.5. The molecular weight excluding hydrogens is 539 g/mol. The van der Waals surface area contributed by atoms with Gasteiger partial charge >= 0.3 is 0 Å². The van der Waals surface area contributed by atoms with E-state index in [9.17, 15) is 9.59 Å². The molecule has 36 heavy (non-hydrogen) atoms. The van der Waals surface area contributed by atoms with Crippen LogP contribution in [0.25, 0.3) is 0 Å². The van der Waals surface area contributed by atoms with Crippen LogP contribution in [-0.4, -0.2) is 26.9 Å². The third-order valence-corrected chi connectivity index (χ3v) is 6.50. The van der Waals surface area contributed by atoms with Crippen molar-refractivity contribution in [1.82, 2.24) is 10.6 Å². The summed E-state index contributed by atoms with van der Waals surface area (Å²) in [6.07, 6.45) is 14.1. The molecule has 0 saturated heterocycles. The van der Waals surface area contributed by atoms with Crippen molar-refractivity contribution in [2.75, 3.05) is 10.6 Å². The predicted molar refractivity (Wildman–Crippen MR) is 158 cm³/mol. The van der Waals surface area contributed by atoms with Crippen LogP contribution in [0.5, 0.6) is 0 Å². The quantitative estimate of drug-likeness (QED) is 0.0654. The molecule has 0 aliphatic rings. The molecule has 2 amide bonds. The molecular formula is C26H41Cl3N4O2S. The zero-order valence-corrected chi connectivity index (χ0v) is 24.5. The van der Waals surface area contributed by atoms with E-state index in [0.717, 1.165) is 19.3 Å². The number of halogens is 3. The normalized spacial score (nSPS) is 12.0. The largest absolute Gasteiger partial charge is 0.339 e. The average molecular weight is 580 g/mol. The second kappa shape index (κ2) is 18.9. The minimum atomic E-state index is -1.80. The number of anilines is 2. The minimum Gasteiger partial charge on any atom is -0.339 e. The SMILES string of the molecule is CCCCCCCCCCCCCCC(=O)N[C@@H](NC(=S)Nc1ccc(NC(C)=O)cc1)C(Cl)(Cl)Cl. The number of carbonyl (C=O) groups is 2. The summed E-state index contributed by atoms with van der Waals surface area (Å²) in [6, 6.07) is 6.95. The summed E-state index contributed by atoms with van der Waals surface area (Å²) >= 11 is 23.5. The topological polar surface area (TPSA) is 82.3 Å². The number of carbonyl (C=O) groups excluding carboxylic acids is 2. The first kappa shape index (κ1) is 32.7. The van der Waals surface area contributed by atoms with Gasteiger partial charge in [-0.1, -0.05) is 112 Å². The molecule has 0 aliphatic carbocycles. The lowest BCUT2D eigenvalue weighted by molar-refractivity contribution is -0.122. The molecule has 4 N–H and O–H groups in total. The number of rotatable bonds is 17. The summed E-state index contributed by atoms with van der Waals surface area (Å²) in [7, 11) is 0. The molecule has 1 aromatic carbocycles. The Morgan fingerprint density at radius 3 is 1.67 bits per heavy atom. The molecule has 0 spiro atoms. The van der Waals surface area contributed by atoms with E-state index in [1.54, 1.807) is 24.3 Å². The van der Waals surface area contributed by atoms with Crippen molar-refractivity contribution < 1.29 is 9.59 Å². The van der Waals surface area contributed by atoms with Crippen molar-refractivity contribution in [2.45, 2.75) is 107 Å². The van der Waals surface area contributed by atoms with Crippen LogP contribution in [-0.2, 0) is 9.59 Å². The Hall–Kier alpha value is -1.28. The van der Waals surface area contributed by atoms with Gasteiger partial charge in [-0.25, -0.2) is 0 Å². The highest BCUT2D eigenvalue weighted by Gasteiger charge is 2.34. The van der Waals surface area contributed by atoms with Crippen LogP contribution in [0, 0.1) is 0 Å². The Balaban J connectivity index is 2.28. The number of nitrogens with one attached hydrogen (secondary N) is 4. The fourth-order valence-corrected chi connectivity index (χ4v) is 4.26. The highest BCUT2D eigenvalue weighted by molar-refractivity contribution is 7.80. The second-order valence-electron chi connectivity index (χ2n) is 9.04. The Morgan fingerprint density at radius 2 is 1.22 bits per heavy atom. The summed E-state index contributed by atoms with van der Waals surface area (Å²) in [4.78, 5) is 23.6. The molecule has 6 nitrogen and oxygen atoms in total. The lowest BCUT2D eigenvalue weighted by Crippen LogP contribution is -2.56. The first-order chi connectivity index (χ1) is 17.1. The predicted octanol–water partition coefficient (Wildman–Crippen LogP) is 7.84. The minimum absolute atomic E-state index is 0.155. The van der Waals surface area contributed by atoms with E-state index in [2.05, 4.69) is 28.2 Å². The van der Waals surface area contributed by atoms with E-state index >= 15 is 0 Å². The number of benzene rings is 1. The molecule has 1 atom stereocenters. The van der Waals surface area contributed by atoms with E-state index in [1.165, 1.54) is 64.7 Å². The highest BCUT2D eigenvalue weighted by atomic mass is 35.6. The van der Waals surface area contributed by atoms with Crippen LogP contribution >= 0.6 is 47.0 Å². The fraction of sp³-hybridized carbons (Fsp3) is 0.654. The summed E-state index contributed by atoms with van der Waals surface area (Å²) in [5.74, 6) is -0.356. The molecule has 0 unspecified atom stereocenters. The lowest BCUT2D eigenvalue weighted by atomic mass is 10.0. The fourth-order valence-electron chi connectivity index (χ4n) is 3.70. The molecule has 1 rings (SSSR count). The van der Waals surface area contributed by atoms with Crippen LogP contribution in [0.3, 0.4) is 0 Å². The van der Waals surface area contributed by atoms with Crippen LogP contribution in [0.15, 0.2) is 24.3 Å². The van der Waals surface area contributed by atoms with Crippen molar-refractivity contribution in [3.8, 4) is 0 Å². The van der Waals surface area contributed by atoms with E-state index in [1.807, 2.05) is 0 Å². The third kappa shape index (κ3) is 16.5. The smallest absolute Gasteiger partial charge is 0.228 e. The Morgan fingerprint density at radius 1 is 0.778 bits per heavy atom. The number of alkyl halides is 3. The molecule has 0 fully saturated rings. The third-order valence-electron chi connectivity index (χ3n) is 5.63. The Bertz CT molecular complexity index is 788. The Labute approximate surface area is 237 Å². The maximum atomic E-state index is 12.4. The zero-order chi connectivity index (χ0) is 26.8. The molecule has 1 aromatic rings. The molecule has 0 saturated carbocycles. The van der Waals surface area contributed by atoms with Crippen molar-refractivity contribution in [1.29, 1.82) is 0 Å². The van der Waals surface area contributed by atoms with E-state index < -0.39 is 9.96 Å². The van der Waals surface area contributed by atoms with Crippen LogP contribution in [0.4, 0.5) is 11.4 Å². The van der Waals surface area contributed by atoms with E-state index in [0.29, 0.717) is 17.8 Å². The molecule has 0 bridgehead atoms. The number of hydrogen-bond acceptors (Lipinski definition) is 3. The maximum Gasteiger partial charge on any atom is 0.228 e. The van der Waals surface area contributed by atoms with Gasteiger partial charge in [-0.2, -0.15) is 0 Å². The molecule has 0 aliphatic heterocycles. The van der Waals surface area contributed by atoms with Gasteiger partial charge in [-0.3, -0.25) is 9.59 Å². The van der Waals surface area contributed by atoms with Crippen molar-refractivity contribution in [3.05, 3.63) is 24.3 Å². The monoisotopic (exact) mass is 578 g/mol. The van der Waals surface area contributed by atoms with Gasteiger partial charge in [0, 0.05) is 24.7 Å². The maximum absolute atomic E-state index is 12.4. The van der Waals surface area contributed by atoms with Gasteiger partial charge in [-0.05, 0) is 42.9 Å². The van der Waals surface area contributed by atoms with Crippen molar-refractivity contribution in [2.24, 2.45) is 0 Å². The van der Waals surface area contributed by atoms with Crippen molar-refractivity contribution in [3.63, 3.8) is 0 Å². The van der Waals surface area contributed by atoms with Gasteiger partial charge in [0.05, 0.1) is 0 Å². The van der Waals surface area contributed by atoms with Crippen LogP contribution in [0.2, 0.25) is 0 Å². The van der Waals surface area contributed by atoms with Crippen molar-refractivity contribution >= 4 is 75.3 Å². The van der Waals surface area contributed by atoms with Crippen LogP contribution in [0.1, 0.15) is 97.3 Å². The first-order valence-electron chi connectivity index (χ1n) is 12.9. The average Bonchev–Trinajstić information content (AvgIpc) is 2.79. The molecule has 10 heteroatoms. The van der Waals surface area contributed by atoms with Gasteiger partial charge in [0.2, 0.25) is 15.6 Å². The molecule has 0 radical (unpaired) electrons. The molecule has 204 valence electrons. The number of thiocarbonyl (C=S) groups is 1. The van der Waals surface area contributed by atoms with Gasteiger partial charge in [-0.15, -0.1) is 0 Å². The van der Waals surface area contributed by atoms with Gasteiger partial charge in [0.1, 0.15) is 6.17 Å². The number of unbranched alkanes of at least 4 members (excludes halogenated alkanes) is 11. The number of hydrogen-bond donors (Lipinski definition) is 4. The van der Waals surface area contributed by atoms with Gasteiger partial charge in [0.25, 0.3) is 0 Å². The van der Waals surface area contributed by atoms with E-state index in [-0.39, 0.29) is 16.9 Å². The summed E-state index contributed by atoms with van der Waals surface area (Å²) < 4.78 is -1.80. The lowest BCUT2D eigenvalue weighted by Gasteiger charge is -2.27. The number of amides is 2. The second-order valence-corrected chi connectivity index (χ2v) is 11.8. The van der Waals surface area contributed by atoms with Gasteiger partial charge in [0.15, 0.2) is 5.11 Å². The van der Waals surface area contributed by atoms with E-state index in [4.69, 9.17) is 47.0 Å². The highest BCUT2D eigenvalue weighted by Crippen LogP contribution is 2.29.